The van der Waals surface area contributed by atoms with Crippen molar-refractivity contribution in [1.82, 2.24) is 39.8 Å². The zero-order chi connectivity index (χ0) is 20.8. The predicted molar refractivity (Wildman–Crippen MR) is 101 cm³/mol. The van der Waals surface area contributed by atoms with Gasteiger partial charge in [-0.25, -0.2) is 4.98 Å². The van der Waals surface area contributed by atoms with Crippen LogP contribution in [0, 0.1) is 0 Å². The number of aliphatic hydroxyl groups is 2. The molecule has 4 heterocycles. The van der Waals surface area contributed by atoms with Crippen molar-refractivity contribution in [2.45, 2.75) is 49.8 Å². The topological polar surface area (TPSA) is 165 Å². The zero-order valence-corrected chi connectivity index (χ0v) is 16.1. The molecule has 13 heteroatoms. The highest BCUT2D eigenvalue weighted by Crippen LogP contribution is 2.33. The first-order valence-corrected chi connectivity index (χ1v) is 9.68. The van der Waals surface area contributed by atoms with Crippen LogP contribution in [0.4, 0.5) is 5.82 Å². The molecule has 1 amide bonds. The Morgan fingerprint density at radius 2 is 2.10 bits per heavy atom. The minimum absolute atomic E-state index is 0.263. The van der Waals surface area contributed by atoms with E-state index >= 15 is 0 Å². The number of nitrogens with one attached hydrogen (secondary N) is 2. The van der Waals surface area contributed by atoms with Gasteiger partial charge in [0.25, 0.3) is 11.9 Å². The lowest BCUT2D eigenvalue weighted by Crippen LogP contribution is -2.41. The maximum Gasteiger partial charge on any atom is 0.256 e. The second-order valence-corrected chi connectivity index (χ2v) is 7.36. The largest absolute Gasteiger partial charge is 0.387 e. The van der Waals surface area contributed by atoms with Crippen LogP contribution in [-0.2, 0) is 9.53 Å². The number of likely N-dealkylation sites (N-methyl/N-ethyl adjacent to an activating group) is 1. The first kappa shape index (κ1) is 18.8. The number of ether oxygens (including phenoxy) is 1. The first-order valence-electron chi connectivity index (χ1n) is 9.68. The number of aliphatic hydroxyl groups excluding tert-OH is 2. The fourth-order valence-corrected chi connectivity index (χ4v) is 3.60. The molecular formula is C17H21N9O4. The quantitative estimate of drug-likeness (QED) is 0.395. The summed E-state index contributed by atoms with van der Waals surface area (Å²) in [5.74, 6) is 0.267. The number of nitrogens with zero attached hydrogens (tertiary/aromatic N) is 7. The number of carbonyl (C=O) groups is 1. The molecule has 1 saturated heterocycles. The molecule has 4 atom stereocenters. The molecule has 1 aliphatic heterocycles. The number of rotatable bonds is 5. The Morgan fingerprint density at radius 1 is 1.27 bits per heavy atom. The highest BCUT2D eigenvalue weighted by Gasteiger charge is 2.47. The van der Waals surface area contributed by atoms with Crippen molar-refractivity contribution in [1.29, 1.82) is 0 Å². The third-order valence-corrected chi connectivity index (χ3v) is 5.50. The van der Waals surface area contributed by atoms with Crippen molar-refractivity contribution in [2.75, 3.05) is 12.4 Å². The Balaban J connectivity index is 1.58. The van der Waals surface area contributed by atoms with Gasteiger partial charge in [-0.05, 0) is 19.3 Å². The molecule has 3 aromatic rings. The molecule has 2 fully saturated rings. The van der Waals surface area contributed by atoms with Crippen LogP contribution in [0.15, 0.2) is 18.7 Å². The van der Waals surface area contributed by atoms with Crippen molar-refractivity contribution in [3.8, 4) is 5.95 Å². The van der Waals surface area contributed by atoms with E-state index in [1.165, 1.54) is 28.8 Å². The number of anilines is 1. The number of hydrogen-bond acceptors (Lipinski definition) is 10. The second kappa shape index (κ2) is 7.27. The van der Waals surface area contributed by atoms with E-state index in [4.69, 9.17) is 4.74 Å². The van der Waals surface area contributed by atoms with Crippen LogP contribution in [0.2, 0.25) is 0 Å². The van der Waals surface area contributed by atoms with E-state index in [2.05, 4.69) is 35.9 Å². The number of imidazole rings is 1. The molecule has 0 spiro atoms. The summed E-state index contributed by atoms with van der Waals surface area (Å²) in [6.07, 6.45) is 2.79. The number of carbonyl (C=O) groups excluding carboxylic acids is 1. The Labute approximate surface area is 170 Å². The van der Waals surface area contributed by atoms with Gasteiger partial charge in [0.2, 0.25) is 0 Å². The van der Waals surface area contributed by atoms with Gasteiger partial charge in [-0.15, -0.1) is 5.10 Å². The van der Waals surface area contributed by atoms with Crippen molar-refractivity contribution in [3.05, 3.63) is 18.7 Å². The summed E-state index contributed by atoms with van der Waals surface area (Å²) >= 11 is 0. The molecule has 0 unspecified atom stereocenters. The fraction of sp³-hybridized carbons (Fsp3) is 0.529. The summed E-state index contributed by atoms with van der Waals surface area (Å²) in [6, 6.07) is 0.296. The van der Waals surface area contributed by atoms with E-state index < -0.39 is 30.4 Å². The zero-order valence-electron chi connectivity index (χ0n) is 16.1. The summed E-state index contributed by atoms with van der Waals surface area (Å²) in [6.45, 7) is 0. The third-order valence-electron chi connectivity index (χ3n) is 5.50. The summed E-state index contributed by atoms with van der Waals surface area (Å²) in [4.78, 5) is 25.5. The highest BCUT2D eigenvalue weighted by molar-refractivity contribution is 5.84. The van der Waals surface area contributed by atoms with Gasteiger partial charge in [0.05, 0.1) is 18.7 Å². The summed E-state index contributed by atoms with van der Waals surface area (Å²) in [5.41, 5.74) is 0.852. The van der Waals surface area contributed by atoms with Crippen molar-refractivity contribution >= 4 is 22.9 Å². The van der Waals surface area contributed by atoms with Gasteiger partial charge in [0.1, 0.15) is 12.2 Å². The molecule has 30 heavy (non-hydrogen) atoms. The van der Waals surface area contributed by atoms with Crippen LogP contribution in [0.1, 0.15) is 25.5 Å². The minimum atomic E-state index is -1.39. The molecule has 2 aliphatic rings. The number of amides is 1. The van der Waals surface area contributed by atoms with E-state index in [-0.39, 0.29) is 5.95 Å². The minimum Gasteiger partial charge on any atom is -0.387 e. The molecule has 1 saturated carbocycles. The molecule has 158 valence electrons. The van der Waals surface area contributed by atoms with E-state index in [1.807, 2.05) is 0 Å². The molecule has 4 N–H and O–H groups in total. The Hall–Kier alpha value is -3.16. The summed E-state index contributed by atoms with van der Waals surface area (Å²) < 4.78 is 8.57. The highest BCUT2D eigenvalue weighted by atomic mass is 16.6. The van der Waals surface area contributed by atoms with Crippen molar-refractivity contribution < 1.29 is 19.7 Å². The number of hydrogen-bond donors (Lipinski definition) is 4. The molecule has 0 aromatic carbocycles. The fourth-order valence-electron chi connectivity index (χ4n) is 3.60. The normalized spacial score (nSPS) is 26.6. The Kier molecular flexibility index (Phi) is 4.56. The smallest absolute Gasteiger partial charge is 0.256 e. The van der Waals surface area contributed by atoms with Gasteiger partial charge in [0, 0.05) is 13.1 Å². The van der Waals surface area contributed by atoms with E-state index in [9.17, 15) is 15.0 Å². The van der Waals surface area contributed by atoms with Crippen LogP contribution >= 0.6 is 0 Å². The Morgan fingerprint density at radius 3 is 2.77 bits per heavy atom. The van der Waals surface area contributed by atoms with Crippen LogP contribution < -0.4 is 10.6 Å². The van der Waals surface area contributed by atoms with Gasteiger partial charge >= 0.3 is 0 Å². The molecule has 5 rings (SSSR count). The van der Waals surface area contributed by atoms with Gasteiger partial charge in [-0.1, -0.05) is 5.21 Å². The lowest BCUT2D eigenvalue weighted by Gasteiger charge is -2.27. The molecular weight excluding hydrogens is 394 g/mol. The van der Waals surface area contributed by atoms with Gasteiger partial charge in [-0.2, -0.15) is 14.6 Å². The molecule has 3 aromatic heterocycles. The molecule has 13 nitrogen and oxygen atoms in total. The molecule has 0 bridgehead atoms. The predicted octanol–water partition coefficient (Wildman–Crippen LogP) is -1.26. The lowest BCUT2D eigenvalue weighted by atomic mass is 9.93. The molecule has 1 aliphatic carbocycles. The standard InChI is InChI=1S/C17H21N9O4/c1-18-15(29)12-10(27)11(28)16(30-12)25-7-19-9-13(21-8-3-2-4-8)22-17(23-14(9)25)26-6-5-20-24-26/h5-8,10-12,16,27-28H,2-4H2,1H3,(H,18,29)(H,21,22,23)/t10-,11+,12-,16+/m0/s1. The van der Waals surface area contributed by atoms with Crippen LogP contribution in [0.5, 0.6) is 0 Å². The van der Waals surface area contributed by atoms with Crippen LogP contribution in [-0.4, -0.2) is 82.0 Å². The van der Waals surface area contributed by atoms with Crippen molar-refractivity contribution in [3.63, 3.8) is 0 Å². The van der Waals surface area contributed by atoms with E-state index in [0.717, 1.165) is 19.3 Å². The van der Waals surface area contributed by atoms with Crippen molar-refractivity contribution in [2.24, 2.45) is 0 Å². The monoisotopic (exact) mass is 415 g/mol. The van der Waals surface area contributed by atoms with Gasteiger partial charge in [-0.3, -0.25) is 9.36 Å². The maximum absolute atomic E-state index is 12.0. The second-order valence-electron chi connectivity index (χ2n) is 7.36. The number of aromatic nitrogens is 7. The average molecular weight is 415 g/mol. The van der Waals surface area contributed by atoms with E-state index in [0.29, 0.717) is 23.0 Å². The third kappa shape index (κ3) is 2.98. The lowest BCUT2D eigenvalue weighted by molar-refractivity contribution is -0.137. The summed E-state index contributed by atoms with van der Waals surface area (Å²) in [5, 5.41) is 34.3. The maximum atomic E-state index is 12.0. The van der Waals surface area contributed by atoms with Crippen LogP contribution in [0.25, 0.3) is 17.1 Å². The average Bonchev–Trinajstić information content (AvgIpc) is 3.45. The van der Waals surface area contributed by atoms with Crippen LogP contribution in [0.3, 0.4) is 0 Å². The summed E-state index contributed by atoms with van der Waals surface area (Å²) in [7, 11) is 1.43. The Bertz CT molecular complexity index is 1060. The first-order chi connectivity index (χ1) is 14.6. The SMILES string of the molecule is CNC(=O)[C@H]1O[C@@H](n2cnc3c(NC4CCC4)nc(-n4ccnn4)nc32)[C@H](O)[C@@H]1O. The number of fused-ring (bicyclic) bond motifs is 1. The molecule has 0 radical (unpaired) electrons. The van der Waals surface area contributed by atoms with Gasteiger partial charge < -0.3 is 25.6 Å². The van der Waals surface area contributed by atoms with E-state index in [1.54, 1.807) is 6.20 Å². The van der Waals surface area contributed by atoms with Gasteiger partial charge in [0.15, 0.2) is 29.3 Å².